The molecule has 2 heterocycles. The Kier molecular flexibility index (Phi) is 4.53. The van der Waals surface area contributed by atoms with Gasteiger partial charge in [-0.25, -0.2) is 4.98 Å². The Hall–Kier alpha value is -1.84. The Bertz CT molecular complexity index is 765. The molecule has 1 aromatic heterocycles. The molecule has 2 aromatic rings. The first-order valence-electron chi connectivity index (χ1n) is 9.82. The van der Waals surface area contributed by atoms with Crippen molar-refractivity contribution in [2.75, 3.05) is 13.1 Å². The van der Waals surface area contributed by atoms with Crippen molar-refractivity contribution < 1.29 is 4.79 Å². The highest BCUT2D eigenvalue weighted by Gasteiger charge is 2.30. The molecule has 1 aromatic carbocycles. The van der Waals surface area contributed by atoms with Crippen molar-refractivity contribution in [2.24, 2.45) is 11.8 Å². The first-order chi connectivity index (χ1) is 12.1. The van der Waals surface area contributed by atoms with Gasteiger partial charge in [0.25, 0.3) is 0 Å². The molecule has 0 bridgehead atoms. The maximum atomic E-state index is 12.6. The van der Waals surface area contributed by atoms with Gasteiger partial charge in [-0.1, -0.05) is 12.8 Å². The van der Waals surface area contributed by atoms with Crippen LogP contribution in [0.25, 0.3) is 11.0 Å². The van der Waals surface area contributed by atoms with Gasteiger partial charge in [-0.15, -0.1) is 0 Å². The van der Waals surface area contributed by atoms with E-state index in [4.69, 9.17) is 0 Å². The number of hydrogen-bond donors (Lipinski definition) is 0. The summed E-state index contributed by atoms with van der Waals surface area (Å²) in [4.78, 5) is 19.3. The molecule has 0 unspecified atom stereocenters. The molecule has 0 N–H and O–H groups in total. The number of piperidine rings is 1. The molecular weight excluding hydrogens is 310 g/mol. The van der Waals surface area contributed by atoms with Crippen molar-refractivity contribution in [1.82, 2.24) is 14.5 Å². The van der Waals surface area contributed by atoms with Crippen molar-refractivity contribution in [1.29, 1.82) is 0 Å². The number of fused-ring (bicyclic) bond motifs is 1. The van der Waals surface area contributed by atoms with E-state index in [1.807, 2.05) is 6.33 Å². The molecule has 25 heavy (non-hydrogen) atoms. The Morgan fingerprint density at radius 1 is 1.08 bits per heavy atom. The third-order valence-electron chi connectivity index (χ3n) is 6.32. The second-order valence-electron chi connectivity index (χ2n) is 8.07. The summed E-state index contributed by atoms with van der Waals surface area (Å²) in [7, 11) is 0. The fourth-order valence-electron chi connectivity index (χ4n) is 4.50. The number of benzene rings is 1. The second-order valence-corrected chi connectivity index (χ2v) is 8.07. The molecule has 0 radical (unpaired) electrons. The van der Waals surface area contributed by atoms with E-state index in [9.17, 15) is 4.79 Å². The Morgan fingerprint density at radius 2 is 1.76 bits per heavy atom. The van der Waals surface area contributed by atoms with Gasteiger partial charge in [0, 0.05) is 25.6 Å². The van der Waals surface area contributed by atoms with Crippen LogP contribution in [0.5, 0.6) is 0 Å². The summed E-state index contributed by atoms with van der Waals surface area (Å²) in [6.45, 7) is 7.20. The van der Waals surface area contributed by atoms with Crippen LogP contribution in [0.1, 0.15) is 49.7 Å². The molecule has 134 valence electrons. The molecule has 1 aliphatic carbocycles. The highest BCUT2D eigenvalue weighted by atomic mass is 16.2. The topological polar surface area (TPSA) is 38.1 Å². The molecule has 0 spiro atoms. The summed E-state index contributed by atoms with van der Waals surface area (Å²) in [5.74, 6) is 1.39. The van der Waals surface area contributed by atoms with E-state index in [0.717, 1.165) is 50.8 Å². The lowest BCUT2D eigenvalue weighted by Crippen LogP contribution is -2.41. The van der Waals surface area contributed by atoms with Gasteiger partial charge in [0.15, 0.2) is 0 Å². The quantitative estimate of drug-likeness (QED) is 0.845. The molecule has 4 heteroatoms. The van der Waals surface area contributed by atoms with E-state index in [0.29, 0.717) is 17.7 Å². The first kappa shape index (κ1) is 16.6. The van der Waals surface area contributed by atoms with Gasteiger partial charge in [0.05, 0.1) is 17.4 Å². The fourth-order valence-corrected chi connectivity index (χ4v) is 4.50. The summed E-state index contributed by atoms with van der Waals surface area (Å²) in [6, 6.07) is 4.44. The van der Waals surface area contributed by atoms with Crippen molar-refractivity contribution in [3.05, 3.63) is 29.6 Å². The normalized spacial score (nSPS) is 19.8. The Balaban J connectivity index is 1.39. The highest BCUT2D eigenvalue weighted by molar-refractivity contribution is 5.79. The zero-order chi connectivity index (χ0) is 17.4. The van der Waals surface area contributed by atoms with Crippen molar-refractivity contribution in [3.63, 3.8) is 0 Å². The van der Waals surface area contributed by atoms with E-state index >= 15 is 0 Å². The van der Waals surface area contributed by atoms with Gasteiger partial charge in [-0.3, -0.25) is 4.79 Å². The molecule has 1 saturated heterocycles. The minimum Gasteiger partial charge on any atom is -0.342 e. The van der Waals surface area contributed by atoms with E-state index in [1.54, 1.807) is 0 Å². The average molecular weight is 339 g/mol. The lowest BCUT2D eigenvalue weighted by Gasteiger charge is -2.33. The third-order valence-corrected chi connectivity index (χ3v) is 6.32. The lowest BCUT2D eigenvalue weighted by molar-refractivity contribution is -0.136. The molecule has 2 fully saturated rings. The number of amides is 1. The van der Waals surface area contributed by atoms with Crippen LogP contribution in [0.3, 0.4) is 0 Å². The van der Waals surface area contributed by atoms with E-state index in [1.165, 1.54) is 29.5 Å². The third kappa shape index (κ3) is 3.31. The summed E-state index contributed by atoms with van der Waals surface area (Å²) < 4.78 is 2.31. The molecule has 4 rings (SSSR count). The largest absolute Gasteiger partial charge is 0.342 e. The molecule has 2 aliphatic rings. The molecule has 1 saturated carbocycles. The van der Waals surface area contributed by atoms with E-state index in [-0.39, 0.29) is 0 Å². The smallest absolute Gasteiger partial charge is 0.225 e. The molecular formula is C21H29N3O. The van der Waals surface area contributed by atoms with E-state index in [2.05, 4.69) is 40.4 Å². The maximum Gasteiger partial charge on any atom is 0.225 e. The molecule has 4 nitrogen and oxygen atoms in total. The number of hydrogen-bond acceptors (Lipinski definition) is 2. The minimum atomic E-state index is 0.320. The monoisotopic (exact) mass is 339 g/mol. The van der Waals surface area contributed by atoms with Crippen LogP contribution in [-0.4, -0.2) is 33.4 Å². The summed E-state index contributed by atoms with van der Waals surface area (Å²) in [6.07, 6.45) is 8.90. The van der Waals surface area contributed by atoms with Crippen LogP contribution in [0.15, 0.2) is 18.5 Å². The van der Waals surface area contributed by atoms with Crippen molar-refractivity contribution in [2.45, 2.75) is 58.9 Å². The van der Waals surface area contributed by atoms with Gasteiger partial charge in [0.2, 0.25) is 5.91 Å². The number of imidazole rings is 1. The SMILES string of the molecule is Cc1cc2ncn(CC3CCN(C(=O)C4CCCC4)CC3)c2cc1C. The number of aryl methyl sites for hydroxylation is 2. The van der Waals surface area contributed by atoms with Crippen LogP contribution < -0.4 is 0 Å². The van der Waals surface area contributed by atoms with Crippen LogP contribution in [-0.2, 0) is 11.3 Å². The van der Waals surface area contributed by atoms with Gasteiger partial charge < -0.3 is 9.47 Å². The van der Waals surface area contributed by atoms with Crippen LogP contribution in [0, 0.1) is 25.7 Å². The summed E-state index contributed by atoms with van der Waals surface area (Å²) >= 11 is 0. The van der Waals surface area contributed by atoms with Gasteiger partial charge >= 0.3 is 0 Å². The van der Waals surface area contributed by atoms with Gasteiger partial charge in [0.1, 0.15) is 0 Å². The van der Waals surface area contributed by atoms with Crippen LogP contribution in [0.2, 0.25) is 0 Å². The Labute approximate surface area is 150 Å². The predicted octanol–water partition coefficient (Wildman–Crippen LogP) is 4.08. The van der Waals surface area contributed by atoms with Crippen LogP contribution >= 0.6 is 0 Å². The molecule has 1 amide bonds. The number of carbonyl (C=O) groups is 1. The van der Waals surface area contributed by atoms with Gasteiger partial charge in [-0.05, 0) is 68.7 Å². The highest BCUT2D eigenvalue weighted by Crippen LogP contribution is 2.29. The minimum absolute atomic E-state index is 0.320. The number of rotatable bonds is 3. The summed E-state index contributed by atoms with van der Waals surface area (Å²) in [5.41, 5.74) is 4.97. The molecule has 0 atom stereocenters. The van der Waals surface area contributed by atoms with Crippen LogP contribution in [0.4, 0.5) is 0 Å². The van der Waals surface area contributed by atoms with Crippen molar-refractivity contribution in [3.8, 4) is 0 Å². The summed E-state index contributed by atoms with van der Waals surface area (Å²) in [5, 5.41) is 0. The Morgan fingerprint density at radius 3 is 2.48 bits per heavy atom. The fraction of sp³-hybridized carbons (Fsp3) is 0.619. The predicted molar refractivity (Wildman–Crippen MR) is 100 cm³/mol. The number of carbonyl (C=O) groups excluding carboxylic acids is 1. The number of aromatic nitrogens is 2. The van der Waals surface area contributed by atoms with Gasteiger partial charge in [-0.2, -0.15) is 0 Å². The zero-order valence-corrected chi connectivity index (χ0v) is 15.5. The maximum absolute atomic E-state index is 12.6. The standard InChI is InChI=1S/C21H29N3O/c1-15-11-19-20(12-16(15)2)24(14-22-19)13-17-7-9-23(10-8-17)21(25)18-5-3-4-6-18/h11-12,14,17-18H,3-10,13H2,1-2H3. The van der Waals surface area contributed by atoms with E-state index < -0.39 is 0 Å². The number of likely N-dealkylation sites (tertiary alicyclic amines) is 1. The number of nitrogens with zero attached hydrogens (tertiary/aromatic N) is 3. The molecule has 1 aliphatic heterocycles. The first-order valence-corrected chi connectivity index (χ1v) is 9.82. The zero-order valence-electron chi connectivity index (χ0n) is 15.5. The lowest BCUT2D eigenvalue weighted by atomic mass is 9.95. The average Bonchev–Trinajstić information content (AvgIpc) is 3.27. The van der Waals surface area contributed by atoms with Crippen molar-refractivity contribution >= 4 is 16.9 Å². The second kappa shape index (κ2) is 6.81.